The Morgan fingerprint density at radius 2 is 1.59 bits per heavy atom. The molecule has 0 saturated carbocycles. The second-order valence-electron chi connectivity index (χ2n) is 11.5. The summed E-state index contributed by atoms with van der Waals surface area (Å²) < 4.78 is 16.4. The first-order valence-electron chi connectivity index (χ1n) is 14.0. The fraction of sp³-hybridized carbons (Fsp3) is 0.548. The minimum atomic E-state index is -0.884. The molecule has 3 atom stereocenters. The smallest absolute Gasteiger partial charge is 0.309 e. The summed E-state index contributed by atoms with van der Waals surface area (Å²) in [6.45, 7) is 10.8. The van der Waals surface area contributed by atoms with Crippen molar-refractivity contribution in [3.8, 4) is 17.2 Å². The standard InChI is InChI=1S/C31H42N2O6/c1-20(2)12-14-32(15-13-21(3)4)28(34)18-33-17-25(23-8-11-26-27(16-23)39-19-38-26)29(31(35)36)30(33)22-6-9-24(37-5)10-7-22/h6-11,16,20-21,25,29-30H,12-15,17-19H2,1-5H3,(H,35,36)/t25?,29-,30+/m0/s1. The maximum absolute atomic E-state index is 13.8. The lowest BCUT2D eigenvalue weighted by Crippen LogP contribution is -2.42. The van der Waals surface area contributed by atoms with Gasteiger partial charge in [-0.2, -0.15) is 0 Å². The monoisotopic (exact) mass is 538 g/mol. The Balaban J connectivity index is 1.66. The van der Waals surface area contributed by atoms with Gasteiger partial charge in [0, 0.05) is 31.6 Å². The van der Waals surface area contributed by atoms with E-state index in [0.29, 0.717) is 48.7 Å². The molecule has 0 aromatic heterocycles. The van der Waals surface area contributed by atoms with Crippen LogP contribution in [-0.4, -0.2) is 66.9 Å². The zero-order valence-corrected chi connectivity index (χ0v) is 23.8. The van der Waals surface area contributed by atoms with E-state index < -0.39 is 17.9 Å². The molecule has 212 valence electrons. The summed E-state index contributed by atoms with van der Waals surface area (Å²) in [6.07, 6.45) is 1.87. The van der Waals surface area contributed by atoms with Crippen LogP contribution in [0, 0.1) is 17.8 Å². The van der Waals surface area contributed by atoms with Crippen molar-refractivity contribution in [3.63, 3.8) is 0 Å². The Bertz CT molecular complexity index is 1120. The van der Waals surface area contributed by atoms with Crippen LogP contribution < -0.4 is 14.2 Å². The first-order chi connectivity index (χ1) is 18.7. The molecule has 39 heavy (non-hydrogen) atoms. The van der Waals surface area contributed by atoms with Gasteiger partial charge >= 0.3 is 5.97 Å². The van der Waals surface area contributed by atoms with Crippen LogP contribution in [0.5, 0.6) is 17.2 Å². The molecule has 2 heterocycles. The van der Waals surface area contributed by atoms with Gasteiger partial charge < -0.3 is 24.2 Å². The molecule has 2 aromatic rings. The van der Waals surface area contributed by atoms with Gasteiger partial charge in [-0.15, -0.1) is 0 Å². The Morgan fingerprint density at radius 3 is 2.18 bits per heavy atom. The number of methoxy groups -OCH3 is 1. The Labute approximate surface area is 231 Å². The summed E-state index contributed by atoms with van der Waals surface area (Å²) in [5.41, 5.74) is 1.73. The van der Waals surface area contributed by atoms with Gasteiger partial charge in [0.2, 0.25) is 12.7 Å². The van der Waals surface area contributed by atoms with Crippen molar-refractivity contribution in [2.45, 2.75) is 52.5 Å². The summed E-state index contributed by atoms with van der Waals surface area (Å²) in [4.78, 5) is 30.6. The average Bonchev–Trinajstić information content (AvgIpc) is 3.52. The lowest BCUT2D eigenvalue weighted by molar-refractivity contribution is -0.144. The number of amides is 1. The van der Waals surface area contributed by atoms with Crippen molar-refractivity contribution in [1.29, 1.82) is 0 Å². The molecular weight excluding hydrogens is 496 g/mol. The highest BCUT2D eigenvalue weighted by Crippen LogP contribution is 2.47. The maximum Gasteiger partial charge on any atom is 0.309 e. The molecule has 0 aliphatic carbocycles. The van der Waals surface area contributed by atoms with Crippen molar-refractivity contribution in [2.75, 3.05) is 40.1 Å². The van der Waals surface area contributed by atoms with Crippen molar-refractivity contribution >= 4 is 11.9 Å². The molecule has 4 rings (SSSR count). The third-order valence-electron chi connectivity index (χ3n) is 7.81. The van der Waals surface area contributed by atoms with E-state index >= 15 is 0 Å². The number of carbonyl (C=O) groups is 2. The number of benzene rings is 2. The van der Waals surface area contributed by atoms with E-state index in [1.165, 1.54) is 0 Å². The molecule has 2 aliphatic heterocycles. The highest BCUT2D eigenvalue weighted by molar-refractivity contribution is 5.79. The molecule has 1 unspecified atom stereocenters. The topological polar surface area (TPSA) is 88.5 Å². The van der Waals surface area contributed by atoms with Gasteiger partial charge in [-0.1, -0.05) is 45.9 Å². The molecular formula is C31H42N2O6. The summed E-state index contributed by atoms with van der Waals surface area (Å²) in [5, 5.41) is 10.5. The second kappa shape index (κ2) is 12.7. The van der Waals surface area contributed by atoms with Crippen LogP contribution in [0.15, 0.2) is 42.5 Å². The highest BCUT2D eigenvalue weighted by atomic mass is 16.7. The fourth-order valence-corrected chi connectivity index (χ4v) is 5.54. The van der Waals surface area contributed by atoms with Gasteiger partial charge in [0.25, 0.3) is 0 Å². The number of carboxylic acids is 1. The van der Waals surface area contributed by atoms with Crippen LogP contribution in [0.2, 0.25) is 0 Å². The summed E-state index contributed by atoms with van der Waals surface area (Å²) in [7, 11) is 1.61. The van der Waals surface area contributed by atoms with E-state index in [1.807, 2.05) is 47.4 Å². The van der Waals surface area contributed by atoms with Gasteiger partial charge in [-0.05, 0) is 60.1 Å². The van der Waals surface area contributed by atoms with Gasteiger partial charge in [-0.25, -0.2) is 0 Å². The number of rotatable bonds is 12. The van der Waals surface area contributed by atoms with Crippen LogP contribution in [0.3, 0.4) is 0 Å². The van der Waals surface area contributed by atoms with Crippen molar-refractivity contribution < 1.29 is 28.9 Å². The van der Waals surface area contributed by atoms with Crippen molar-refractivity contribution in [1.82, 2.24) is 9.80 Å². The SMILES string of the molecule is COc1ccc([C@@H]2[C@@H](C(=O)O)C(c3ccc4c(c3)OCO4)CN2CC(=O)N(CCC(C)C)CCC(C)C)cc1. The van der Waals surface area contributed by atoms with Gasteiger partial charge in [-0.3, -0.25) is 14.5 Å². The largest absolute Gasteiger partial charge is 0.497 e. The van der Waals surface area contributed by atoms with E-state index in [9.17, 15) is 14.7 Å². The van der Waals surface area contributed by atoms with Crippen LogP contribution in [0.1, 0.15) is 63.6 Å². The number of hydrogen-bond donors (Lipinski definition) is 1. The number of aliphatic carboxylic acids is 1. The number of likely N-dealkylation sites (tertiary alicyclic amines) is 1. The predicted octanol–water partition coefficient (Wildman–Crippen LogP) is 5.19. The number of hydrogen-bond acceptors (Lipinski definition) is 6. The first-order valence-corrected chi connectivity index (χ1v) is 14.0. The van der Waals surface area contributed by atoms with E-state index in [4.69, 9.17) is 14.2 Å². The number of ether oxygens (including phenoxy) is 3. The maximum atomic E-state index is 13.8. The van der Waals surface area contributed by atoms with E-state index in [0.717, 1.165) is 24.0 Å². The minimum absolute atomic E-state index is 0.0466. The molecule has 0 radical (unpaired) electrons. The minimum Gasteiger partial charge on any atom is -0.497 e. The third-order valence-corrected chi connectivity index (χ3v) is 7.81. The molecule has 2 aromatic carbocycles. The number of fused-ring (bicyclic) bond motifs is 1. The van der Waals surface area contributed by atoms with Crippen LogP contribution >= 0.6 is 0 Å². The molecule has 1 amide bonds. The van der Waals surface area contributed by atoms with E-state index in [1.54, 1.807) is 7.11 Å². The Kier molecular flexibility index (Phi) is 9.38. The van der Waals surface area contributed by atoms with Gasteiger partial charge in [0.05, 0.1) is 19.6 Å². The zero-order valence-electron chi connectivity index (χ0n) is 23.8. The molecule has 0 spiro atoms. The normalized spacial score (nSPS) is 20.5. The first kappa shape index (κ1) is 28.7. The quantitative estimate of drug-likeness (QED) is 0.398. The number of nitrogens with zero attached hydrogens (tertiary/aromatic N) is 2. The van der Waals surface area contributed by atoms with Crippen LogP contribution in [0.4, 0.5) is 0 Å². The van der Waals surface area contributed by atoms with Crippen LogP contribution in [-0.2, 0) is 9.59 Å². The Hall–Kier alpha value is -3.26. The van der Waals surface area contributed by atoms with Crippen molar-refractivity contribution in [2.24, 2.45) is 17.8 Å². The van der Waals surface area contributed by atoms with Crippen LogP contribution in [0.25, 0.3) is 0 Å². The number of carbonyl (C=O) groups excluding carboxylic acids is 1. The molecule has 1 saturated heterocycles. The average molecular weight is 539 g/mol. The third kappa shape index (κ3) is 6.85. The molecule has 1 fully saturated rings. The van der Waals surface area contributed by atoms with E-state index in [2.05, 4.69) is 32.6 Å². The lowest BCUT2D eigenvalue weighted by Gasteiger charge is -2.30. The number of carboxylic acid groups (broad SMARTS) is 1. The van der Waals surface area contributed by atoms with Gasteiger partial charge in [0.1, 0.15) is 5.75 Å². The zero-order chi connectivity index (χ0) is 28.1. The van der Waals surface area contributed by atoms with Crippen molar-refractivity contribution in [3.05, 3.63) is 53.6 Å². The second-order valence-corrected chi connectivity index (χ2v) is 11.5. The molecule has 2 aliphatic rings. The predicted molar refractivity (Wildman–Crippen MR) is 149 cm³/mol. The molecule has 1 N–H and O–H groups in total. The van der Waals surface area contributed by atoms with E-state index in [-0.39, 0.29) is 25.2 Å². The van der Waals surface area contributed by atoms with Gasteiger partial charge in [0.15, 0.2) is 11.5 Å². The fourth-order valence-electron chi connectivity index (χ4n) is 5.54. The molecule has 0 bridgehead atoms. The lowest BCUT2D eigenvalue weighted by atomic mass is 9.82. The summed E-state index contributed by atoms with van der Waals surface area (Å²) in [5.74, 6) is 1.06. The highest BCUT2D eigenvalue weighted by Gasteiger charge is 2.48. The Morgan fingerprint density at radius 1 is 0.974 bits per heavy atom. The summed E-state index contributed by atoms with van der Waals surface area (Å²) in [6, 6.07) is 12.7. The molecule has 8 heteroatoms. The molecule has 8 nitrogen and oxygen atoms in total. The summed E-state index contributed by atoms with van der Waals surface area (Å²) >= 11 is 0.